The quantitative estimate of drug-likeness (QED) is 0.722. The van der Waals surface area contributed by atoms with Crippen LogP contribution >= 0.6 is 0 Å². The van der Waals surface area contributed by atoms with Crippen LogP contribution in [0, 0.1) is 0 Å². The van der Waals surface area contributed by atoms with E-state index in [1.54, 1.807) is 30.3 Å². The molecule has 3 rings (SSSR count). The molecule has 0 fully saturated rings. The van der Waals surface area contributed by atoms with Crippen LogP contribution in [0.25, 0.3) is 22.3 Å². The van der Waals surface area contributed by atoms with Crippen LogP contribution < -0.4 is 20.6 Å². The monoisotopic (exact) mass is 313 g/mol. The highest BCUT2D eigenvalue weighted by Gasteiger charge is 2.15. The average molecular weight is 313 g/mol. The molecule has 23 heavy (non-hydrogen) atoms. The Bertz CT molecular complexity index is 920. The standard InChI is InChI=1S/C17H15NO5/c1-21-14-6-9(7-15(22-2)17(14)20)13-8-11(19)16-10(18)4-3-5-12(16)23-13/h3-8,20H,18H2,1-2H3. The number of hydrogen-bond donors (Lipinski definition) is 2. The molecule has 6 nitrogen and oxygen atoms in total. The van der Waals surface area contributed by atoms with Crippen LogP contribution in [0.2, 0.25) is 0 Å². The number of aromatic hydroxyl groups is 1. The number of anilines is 1. The molecule has 0 atom stereocenters. The summed E-state index contributed by atoms with van der Waals surface area (Å²) in [6.45, 7) is 0. The zero-order valence-corrected chi connectivity index (χ0v) is 12.6. The Kier molecular flexibility index (Phi) is 3.57. The Balaban J connectivity index is 2.27. The largest absolute Gasteiger partial charge is 0.502 e. The van der Waals surface area contributed by atoms with E-state index in [0.29, 0.717) is 28.0 Å². The number of benzene rings is 2. The number of methoxy groups -OCH3 is 2. The zero-order chi connectivity index (χ0) is 16.6. The van der Waals surface area contributed by atoms with Crippen molar-refractivity contribution in [3.05, 3.63) is 46.6 Å². The van der Waals surface area contributed by atoms with Crippen LogP contribution in [0.5, 0.6) is 17.2 Å². The minimum atomic E-state index is -0.245. The maximum Gasteiger partial charge on any atom is 0.200 e. The fraction of sp³-hybridized carbons (Fsp3) is 0.118. The average Bonchev–Trinajstić information content (AvgIpc) is 2.54. The van der Waals surface area contributed by atoms with E-state index in [4.69, 9.17) is 19.6 Å². The predicted molar refractivity (Wildman–Crippen MR) is 87.1 cm³/mol. The van der Waals surface area contributed by atoms with Gasteiger partial charge in [0.25, 0.3) is 0 Å². The van der Waals surface area contributed by atoms with Crippen LogP contribution in [0.15, 0.2) is 45.6 Å². The Morgan fingerprint density at radius 3 is 2.35 bits per heavy atom. The topological polar surface area (TPSA) is 94.9 Å². The molecule has 1 aromatic heterocycles. The lowest BCUT2D eigenvalue weighted by Crippen LogP contribution is -2.03. The summed E-state index contributed by atoms with van der Waals surface area (Å²) in [6, 6.07) is 9.51. The van der Waals surface area contributed by atoms with Gasteiger partial charge < -0.3 is 24.7 Å². The molecule has 6 heteroatoms. The van der Waals surface area contributed by atoms with Crippen LogP contribution in [0.3, 0.4) is 0 Å². The molecule has 3 N–H and O–H groups in total. The van der Waals surface area contributed by atoms with Crippen molar-refractivity contribution in [2.45, 2.75) is 0 Å². The van der Waals surface area contributed by atoms with Crippen LogP contribution in [0.4, 0.5) is 5.69 Å². The maximum absolute atomic E-state index is 12.3. The smallest absolute Gasteiger partial charge is 0.200 e. The Hall–Kier alpha value is -3.15. The van der Waals surface area contributed by atoms with Crippen LogP contribution in [0.1, 0.15) is 0 Å². The number of rotatable bonds is 3. The molecule has 0 aliphatic rings. The second kappa shape index (κ2) is 5.57. The van der Waals surface area contributed by atoms with Crippen molar-refractivity contribution in [2.24, 2.45) is 0 Å². The highest BCUT2D eigenvalue weighted by atomic mass is 16.5. The van der Waals surface area contributed by atoms with Gasteiger partial charge in [-0.1, -0.05) is 6.07 Å². The fourth-order valence-corrected chi connectivity index (χ4v) is 2.41. The van der Waals surface area contributed by atoms with Gasteiger partial charge in [0.1, 0.15) is 11.3 Å². The highest BCUT2D eigenvalue weighted by Crippen LogP contribution is 2.40. The summed E-state index contributed by atoms with van der Waals surface area (Å²) < 4.78 is 16.0. The number of phenolic OH excluding ortho intramolecular Hbond substituents is 1. The molecule has 0 bridgehead atoms. The van der Waals surface area contributed by atoms with Gasteiger partial charge in [0.15, 0.2) is 16.9 Å². The van der Waals surface area contributed by atoms with Gasteiger partial charge in [-0.2, -0.15) is 0 Å². The Morgan fingerprint density at radius 2 is 1.74 bits per heavy atom. The lowest BCUT2D eigenvalue weighted by molar-refractivity contribution is 0.340. The van der Waals surface area contributed by atoms with Crippen molar-refractivity contribution < 1.29 is 19.0 Å². The van der Waals surface area contributed by atoms with Crippen molar-refractivity contribution in [1.82, 2.24) is 0 Å². The SMILES string of the molecule is COc1cc(-c2cc(=O)c3c(N)cccc3o2)cc(OC)c1O. The van der Waals surface area contributed by atoms with E-state index >= 15 is 0 Å². The maximum atomic E-state index is 12.3. The molecule has 118 valence electrons. The predicted octanol–water partition coefficient (Wildman–Crippen LogP) is 2.77. The van der Waals surface area contributed by atoms with Crippen molar-refractivity contribution in [3.8, 4) is 28.6 Å². The molecule has 2 aromatic carbocycles. The van der Waals surface area contributed by atoms with Gasteiger partial charge in [0.2, 0.25) is 5.75 Å². The lowest BCUT2D eigenvalue weighted by atomic mass is 10.1. The first-order valence-corrected chi connectivity index (χ1v) is 6.83. The third-order valence-electron chi connectivity index (χ3n) is 3.55. The van der Waals surface area contributed by atoms with Crippen molar-refractivity contribution in [2.75, 3.05) is 20.0 Å². The molecular formula is C17H15NO5. The van der Waals surface area contributed by atoms with Gasteiger partial charge in [0, 0.05) is 17.3 Å². The normalized spacial score (nSPS) is 10.7. The van der Waals surface area contributed by atoms with Crippen LogP contribution in [-0.2, 0) is 0 Å². The van der Waals surface area contributed by atoms with E-state index in [9.17, 15) is 9.90 Å². The third-order valence-corrected chi connectivity index (χ3v) is 3.55. The first-order valence-electron chi connectivity index (χ1n) is 6.83. The fourth-order valence-electron chi connectivity index (χ4n) is 2.41. The number of ether oxygens (including phenoxy) is 2. The molecule has 0 unspecified atom stereocenters. The molecule has 0 spiro atoms. The zero-order valence-electron chi connectivity index (χ0n) is 12.6. The summed E-state index contributed by atoms with van der Waals surface area (Å²) in [6.07, 6.45) is 0. The molecular weight excluding hydrogens is 298 g/mol. The minimum Gasteiger partial charge on any atom is -0.502 e. The van der Waals surface area contributed by atoms with Gasteiger partial charge in [-0.05, 0) is 24.3 Å². The van der Waals surface area contributed by atoms with E-state index in [-0.39, 0.29) is 22.7 Å². The molecule has 0 saturated carbocycles. The molecule has 0 amide bonds. The number of hydrogen-bond acceptors (Lipinski definition) is 6. The number of nitrogen functional groups attached to an aromatic ring is 1. The lowest BCUT2D eigenvalue weighted by Gasteiger charge is -2.11. The van der Waals surface area contributed by atoms with Crippen molar-refractivity contribution >= 4 is 16.7 Å². The second-order valence-electron chi connectivity index (χ2n) is 4.92. The summed E-state index contributed by atoms with van der Waals surface area (Å²) in [4.78, 5) is 12.3. The summed E-state index contributed by atoms with van der Waals surface area (Å²) in [5, 5.41) is 10.3. The van der Waals surface area contributed by atoms with Gasteiger partial charge in [-0.3, -0.25) is 4.79 Å². The van der Waals surface area contributed by atoms with E-state index in [1.165, 1.54) is 20.3 Å². The van der Waals surface area contributed by atoms with Crippen molar-refractivity contribution in [1.29, 1.82) is 0 Å². The van der Waals surface area contributed by atoms with Gasteiger partial charge in [0.05, 0.1) is 19.6 Å². The van der Waals surface area contributed by atoms with Gasteiger partial charge >= 0.3 is 0 Å². The summed E-state index contributed by atoms with van der Waals surface area (Å²) >= 11 is 0. The summed E-state index contributed by atoms with van der Waals surface area (Å²) in [5.74, 6) is 0.639. The first kappa shape index (κ1) is 14.8. The molecule has 3 aromatic rings. The number of phenols is 1. The van der Waals surface area contributed by atoms with E-state index in [0.717, 1.165) is 0 Å². The number of fused-ring (bicyclic) bond motifs is 1. The Labute approximate surface area is 131 Å². The molecule has 0 aliphatic heterocycles. The summed E-state index contributed by atoms with van der Waals surface area (Å²) in [5.41, 5.74) is 6.87. The van der Waals surface area contributed by atoms with Gasteiger partial charge in [-0.15, -0.1) is 0 Å². The molecule has 1 heterocycles. The van der Waals surface area contributed by atoms with Gasteiger partial charge in [-0.25, -0.2) is 0 Å². The third kappa shape index (κ3) is 2.44. The molecule has 0 radical (unpaired) electrons. The minimum absolute atomic E-state index is 0.119. The first-order chi connectivity index (χ1) is 11.0. The van der Waals surface area contributed by atoms with Crippen molar-refractivity contribution in [3.63, 3.8) is 0 Å². The Morgan fingerprint density at radius 1 is 1.09 bits per heavy atom. The molecule has 0 saturated heterocycles. The van der Waals surface area contributed by atoms with E-state index in [2.05, 4.69) is 0 Å². The molecule has 0 aliphatic carbocycles. The van der Waals surface area contributed by atoms with E-state index in [1.807, 2.05) is 0 Å². The summed E-state index contributed by atoms with van der Waals surface area (Å²) in [7, 11) is 2.85. The second-order valence-corrected chi connectivity index (χ2v) is 4.92. The van der Waals surface area contributed by atoms with Crippen LogP contribution in [-0.4, -0.2) is 19.3 Å². The van der Waals surface area contributed by atoms with E-state index < -0.39 is 0 Å². The number of nitrogens with two attached hydrogens (primary N) is 1. The highest BCUT2D eigenvalue weighted by molar-refractivity contribution is 5.89.